The van der Waals surface area contributed by atoms with E-state index < -0.39 is 0 Å². The SMILES string of the molecule is CSc1nc2c(ncn2C2CC2)c(=O)n1-c1ccc(Cl)cc1. The maximum Gasteiger partial charge on any atom is 0.286 e. The van der Waals surface area contributed by atoms with E-state index >= 15 is 0 Å². The second kappa shape index (κ2) is 5.14. The smallest absolute Gasteiger partial charge is 0.286 e. The number of benzene rings is 1. The molecule has 1 aromatic carbocycles. The topological polar surface area (TPSA) is 52.7 Å². The molecule has 22 heavy (non-hydrogen) atoms. The Balaban J connectivity index is 2.00. The van der Waals surface area contributed by atoms with Gasteiger partial charge in [-0.05, 0) is 43.4 Å². The minimum Gasteiger partial charge on any atom is -0.312 e. The molecule has 1 saturated carbocycles. The lowest BCUT2D eigenvalue weighted by molar-refractivity contribution is 0.739. The molecule has 0 saturated heterocycles. The zero-order valence-corrected chi connectivity index (χ0v) is 13.4. The van der Waals surface area contributed by atoms with E-state index in [-0.39, 0.29) is 5.56 Å². The number of imidazole rings is 1. The van der Waals surface area contributed by atoms with Crippen LogP contribution in [0.5, 0.6) is 0 Å². The molecule has 7 heteroatoms. The van der Waals surface area contributed by atoms with E-state index in [1.165, 1.54) is 11.8 Å². The van der Waals surface area contributed by atoms with Crippen LogP contribution in [0.2, 0.25) is 5.02 Å². The van der Waals surface area contributed by atoms with Gasteiger partial charge in [-0.3, -0.25) is 9.36 Å². The van der Waals surface area contributed by atoms with Gasteiger partial charge in [-0.25, -0.2) is 9.97 Å². The molecule has 0 radical (unpaired) electrons. The molecule has 2 heterocycles. The predicted octanol–water partition coefficient (Wildman–Crippen LogP) is 3.29. The minimum absolute atomic E-state index is 0.143. The van der Waals surface area contributed by atoms with Crippen molar-refractivity contribution in [3.63, 3.8) is 0 Å². The summed E-state index contributed by atoms with van der Waals surface area (Å²) in [4.78, 5) is 21.8. The van der Waals surface area contributed by atoms with Crippen molar-refractivity contribution in [1.82, 2.24) is 19.1 Å². The van der Waals surface area contributed by atoms with E-state index in [9.17, 15) is 4.79 Å². The van der Waals surface area contributed by atoms with Gasteiger partial charge in [0.1, 0.15) is 0 Å². The Kier molecular flexibility index (Phi) is 3.23. The molecule has 0 N–H and O–H groups in total. The van der Waals surface area contributed by atoms with Crippen LogP contribution in [0.1, 0.15) is 18.9 Å². The molecular weight excluding hydrogens is 320 g/mol. The molecule has 1 aliphatic rings. The lowest BCUT2D eigenvalue weighted by atomic mass is 10.3. The molecule has 1 aliphatic carbocycles. The number of halogens is 1. The average Bonchev–Trinajstić information content (AvgIpc) is 3.28. The first-order valence-corrected chi connectivity index (χ1v) is 8.59. The molecule has 0 atom stereocenters. The monoisotopic (exact) mass is 332 g/mol. The summed E-state index contributed by atoms with van der Waals surface area (Å²) in [6.07, 6.45) is 5.90. The molecule has 1 fully saturated rings. The van der Waals surface area contributed by atoms with E-state index in [4.69, 9.17) is 11.6 Å². The largest absolute Gasteiger partial charge is 0.312 e. The molecule has 0 unspecified atom stereocenters. The standard InChI is InChI=1S/C15H13ClN4OS/c1-22-15-18-13-12(17-8-19(13)10-6-7-10)14(21)20(15)11-4-2-9(16)3-5-11/h2-5,8,10H,6-7H2,1H3. The summed E-state index contributed by atoms with van der Waals surface area (Å²) < 4.78 is 3.61. The Morgan fingerprint density at radius 2 is 2.00 bits per heavy atom. The van der Waals surface area contributed by atoms with Gasteiger partial charge in [-0.2, -0.15) is 0 Å². The van der Waals surface area contributed by atoms with Gasteiger partial charge in [0.15, 0.2) is 16.3 Å². The van der Waals surface area contributed by atoms with Gasteiger partial charge in [0, 0.05) is 11.1 Å². The summed E-state index contributed by atoms with van der Waals surface area (Å²) in [5, 5.41) is 1.29. The summed E-state index contributed by atoms with van der Waals surface area (Å²) in [5.41, 5.74) is 1.70. The first-order valence-electron chi connectivity index (χ1n) is 6.98. The zero-order chi connectivity index (χ0) is 15.3. The lowest BCUT2D eigenvalue weighted by Crippen LogP contribution is -2.22. The van der Waals surface area contributed by atoms with Gasteiger partial charge < -0.3 is 4.57 Å². The van der Waals surface area contributed by atoms with Crippen LogP contribution in [-0.2, 0) is 0 Å². The third-order valence-electron chi connectivity index (χ3n) is 3.77. The van der Waals surface area contributed by atoms with Gasteiger partial charge in [-0.1, -0.05) is 23.4 Å². The number of nitrogens with zero attached hydrogens (tertiary/aromatic N) is 4. The molecule has 0 spiro atoms. The van der Waals surface area contributed by atoms with E-state index in [1.807, 2.05) is 23.0 Å². The highest BCUT2D eigenvalue weighted by atomic mass is 35.5. The first kappa shape index (κ1) is 13.8. The number of fused-ring (bicyclic) bond motifs is 1. The van der Waals surface area contributed by atoms with Gasteiger partial charge >= 0.3 is 0 Å². The Morgan fingerprint density at radius 3 is 2.64 bits per heavy atom. The van der Waals surface area contributed by atoms with E-state index in [2.05, 4.69) is 9.97 Å². The number of hydrogen-bond acceptors (Lipinski definition) is 4. The van der Waals surface area contributed by atoms with Crippen molar-refractivity contribution in [3.05, 3.63) is 46.0 Å². The highest BCUT2D eigenvalue weighted by Gasteiger charge is 2.27. The zero-order valence-electron chi connectivity index (χ0n) is 11.9. The van der Waals surface area contributed by atoms with Crippen LogP contribution < -0.4 is 5.56 Å². The molecule has 4 rings (SSSR count). The summed E-state index contributed by atoms with van der Waals surface area (Å²) in [5.74, 6) is 0. The minimum atomic E-state index is -0.143. The van der Waals surface area contributed by atoms with Crippen molar-refractivity contribution in [2.45, 2.75) is 24.0 Å². The van der Waals surface area contributed by atoms with Gasteiger partial charge in [0.2, 0.25) is 0 Å². The Labute approximate surface area is 136 Å². The van der Waals surface area contributed by atoms with Crippen molar-refractivity contribution < 1.29 is 0 Å². The molecule has 3 aromatic rings. The average molecular weight is 333 g/mol. The number of aromatic nitrogens is 4. The highest BCUT2D eigenvalue weighted by molar-refractivity contribution is 7.98. The third kappa shape index (κ3) is 2.14. The number of hydrogen-bond donors (Lipinski definition) is 0. The van der Waals surface area contributed by atoms with E-state index in [0.717, 1.165) is 18.5 Å². The first-order chi connectivity index (χ1) is 10.7. The predicted molar refractivity (Wildman–Crippen MR) is 88.2 cm³/mol. The summed E-state index contributed by atoms with van der Waals surface area (Å²) in [7, 11) is 0. The third-order valence-corrected chi connectivity index (χ3v) is 4.66. The van der Waals surface area contributed by atoms with Crippen molar-refractivity contribution in [2.75, 3.05) is 6.26 Å². The van der Waals surface area contributed by atoms with Crippen LogP contribution >= 0.6 is 23.4 Å². The second-order valence-corrected chi connectivity index (χ2v) is 6.48. The second-order valence-electron chi connectivity index (χ2n) is 5.27. The van der Waals surface area contributed by atoms with Crippen LogP contribution in [0.4, 0.5) is 0 Å². The molecule has 0 aliphatic heterocycles. The highest BCUT2D eigenvalue weighted by Crippen LogP contribution is 2.36. The Bertz CT molecular complexity index is 912. The Morgan fingerprint density at radius 1 is 1.27 bits per heavy atom. The molecular formula is C15H13ClN4OS. The van der Waals surface area contributed by atoms with Gasteiger partial charge in [-0.15, -0.1) is 0 Å². The van der Waals surface area contributed by atoms with Gasteiger partial charge in [0.05, 0.1) is 12.0 Å². The van der Waals surface area contributed by atoms with Crippen LogP contribution in [0.15, 0.2) is 40.5 Å². The molecule has 2 aromatic heterocycles. The van der Waals surface area contributed by atoms with Crippen molar-refractivity contribution in [1.29, 1.82) is 0 Å². The van der Waals surface area contributed by atoms with Crippen LogP contribution in [0.25, 0.3) is 16.9 Å². The van der Waals surface area contributed by atoms with Crippen molar-refractivity contribution >= 4 is 34.5 Å². The molecule has 0 bridgehead atoms. The van der Waals surface area contributed by atoms with Crippen LogP contribution in [-0.4, -0.2) is 25.4 Å². The van der Waals surface area contributed by atoms with E-state index in [0.29, 0.717) is 27.4 Å². The fourth-order valence-corrected chi connectivity index (χ4v) is 3.20. The van der Waals surface area contributed by atoms with E-state index in [1.54, 1.807) is 23.0 Å². The molecule has 112 valence electrons. The van der Waals surface area contributed by atoms with Crippen LogP contribution in [0.3, 0.4) is 0 Å². The quantitative estimate of drug-likeness (QED) is 0.545. The van der Waals surface area contributed by atoms with Crippen LogP contribution in [0, 0.1) is 0 Å². The molecule has 0 amide bonds. The number of rotatable bonds is 3. The maximum atomic E-state index is 12.9. The fourth-order valence-electron chi connectivity index (χ4n) is 2.52. The lowest BCUT2D eigenvalue weighted by Gasteiger charge is -2.11. The summed E-state index contributed by atoms with van der Waals surface area (Å²) >= 11 is 7.37. The van der Waals surface area contributed by atoms with Crippen molar-refractivity contribution in [3.8, 4) is 5.69 Å². The summed E-state index contributed by atoms with van der Waals surface area (Å²) in [6.45, 7) is 0. The molecule has 5 nitrogen and oxygen atoms in total. The Hall–Kier alpha value is -1.79. The fraction of sp³-hybridized carbons (Fsp3) is 0.267. The number of thioether (sulfide) groups is 1. The van der Waals surface area contributed by atoms with Crippen molar-refractivity contribution in [2.24, 2.45) is 0 Å². The van der Waals surface area contributed by atoms with Gasteiger partial charge in [0.25, 0.3) is 5.56 Å². The maximum absolute atomic E-state index is 12.9. The normalized spacial score (nSPS) is 14.6. The summed E-state index contributed by atoms with van der Waals surface area (Å²) in [6, 6.07) is 7.60.